The summed E-state index contributed by atoms with van der Waals surface area (Å²) in [6.07, 6.45) is 1.69. The first kappa shape index (κ1) is 5.05. The van der Waals surface area contributed by atoms with Gasteiger partial charge in [-0.15, -0.1) is 6.58 Å². The molecule has 29 valence electrons. The van der Waals surface area contributed by atoms with Crippen LogP contribution in [0.1, 0.15) is 0 Å². The molecule has 0 heterocycles. The van der Waals surface area contributed by atoms with Crippen molar-refractivity contribution < 1.29 is 0 Å². The third-order valence-electron chi connectivity index (χ3n) is 0.211. The lowest BCUT2D eigenvalue weighted by molar-refractivity contribution is 1.12. The first-order valence-corrected chi connectivity index (χ1v) is 1.73. The Morgan fingerprint density at radius 2 is 2.60 bits per heavy atom. The van der Waals surface area contributed by atoms with Gasteiger partial charge in [0.25, 0.3) is 0 Å². The van der Waals surface area contributed by atoms with E-state index in [1.807, 2.05) is 0 Å². The van der Waals surface area contributed by atoms with Crippen LogP contribution >= 0.6 is 12.8 Å². The lowest BCUT2D eigenvalue weighted by Gasteiger charge is -1.74. The average Bonchev–Trinajstić information content (AvgIpc) is 1.41. The lowest BCUT2D eigenvalue weighted by Crippen LogP contribution is -1.83. The Kier molecular flexibility index (Phi) is 4.09. The second-order valence-corrected chi connectivity index (χ2v) is 0.896. The Morgan fingerprint density at radius 3 is 2.60 bits per heavy atom. The molecule has 0 aliphatic carbocycles. The molecule has 0 aromatic heterocycles. The van der Waals surface area contributed by atoms with Crippen molar-refractivity contribution in [3.8, 4) is 0 Å². The van der Waals surface area contributed by atoms with E-state index in [-0.39, 0.29) is 0 Å². The van der Waals surface area contributed by atoms with Gasteiger partial charge in [-0.25, -0.2) is 0 Å². The molecule has 1 nitrogen and oxygen atoms in total. The number of rotatable bonds is 2. The van der Waals surface area contributed by atoms with Gasteiger partial charge in [-0.05, 0) is 0 Å². The molecule has 2 heteroatoms. The molecule has 5 heavy (non-hydrogen) atoms. The van der Waals surface area contributed by atoms with Gasteiger partial charge in [0, 0.05) is 6.54 Å². The van der Waals surface area contributed by atoms with Crippen LogP contribution in [0.5, 0.6) is 0 Å². The summed E-state index contributed by atoms with van der Waals surface area (Å²) >= 11 is 3.55. The zero-order chi connectivity index (χ0) is 4.12. The minimum absolute atomic E-state index is 0.642. The fourth-order valence-electron chi connectivity index (χ4n) is 0.0577. The fraction of sp³-hybridized carbons (Fsp3) is 0.333. The first-order chi connectivity index (χ1) is 2.41. The summed E-state index contributed by atoms with van der Waals surface area (Å²) in [5.74, 6) is 0. The van der Waals surface area contributed by atoms with Gasteiger partial charge in [-0.1, -0.05) is 18.9 Å². The van der Waals surface area contributed by atoms with Crippen LogP contribution in [0.3, 0.4) is 0 Å². The van der Waals surface area contributed by atoms with Gasteiger partial charge < -0.3 is 0 Å². The van der Waals surface area contributed by atoms with Crippen molar-refractivity contribution in [1.29, 1.82) is 0 Å². The third kappa shape index (κ3) is 4.05. The number of hydrogen-bond donors (Lipinski definition) is 1. The third-order valence-corrected chi connectivity index (χ3v) is 0.374. The van der Waals surface area contributed by atoms with E-state index in [0.29, 0.717) is 6.54 Å². The minimum atomic E-state index is 0.642. The standard InChI is InChI=1S/C3H6NS/c1-2-3-4-5/h2,5H,1,3H2. The molecule has 0 spiro atoms. The van der Waals surface area contributed by atoms with Crippen LogP contribution in [0.25, 0.3) is 0 Å². The van der Waals surface area contributed by atoms with E-state index in [1.165, 1.54) is 0 Å². The van der Waals surface area contributed by atoms with Gasteiger partial charge in [-0.2, -0.15) is 4.72 Å². The van der Waals surface area contributed by atoms with E-state index >= 15 is 0 Å². The van der Waals surface area contributed by atoms with Crippen molar-refractivity contribution in [2.75, 3.05) is 6.54 Å². The van der Waals surface area contributed by atoms with Crippen LogP contribution in [0, 0.1) is 0 Å². The number of nitrogens with zero attached hydrogens (tertiary/aromatic N) is 1. The zero-order valence-electron chi connectivity index (χ0n) is 2.89. The van der Waals surface area contributed by atoms with Gasteiger partial charge in [0.1, 0.15) is 0 Å². The van der Waals surface area contributed by atoms with E-state index in [0.717, 1.165) is 0 Å². The smallest absolute Gasteiger partial charge is 0.0431 e. The molecule has 0 unspecified atom stereocenters. The molecule has 0 bridgehead atoms. The largest absolute Gasteiger partial charge is 0.174 e. The highest BCUT2D eigenvalue weighted by Crippen LogP contribution is 1.62. The van der Waals surface area contributed by atoms with Crippen LogP contribution in [-0.4, -0.2) is 6.54 Å². The average molecular weight is 88.2 g/mol. The SMILES string of the molecule is C=CC[N]S. The summed E-state index contributed by atoms with van der Waals surface area (Å²) in [5, 5.41) is 0. The van der Waals surface area contributed by atoms with E-state index in [2.05, 4.69) is 24.1 Å². The Morgan fingerprint density at radius 1 is 2.00 bits per heavy atom. The maximum Gasteiger partial charge on any atom is 0.0431 e. The molecule has 0 atom stereocenters. The maximum atomic E-state index is 3.55. The second-order valence-electron chi connectivity index (χ2n) is 0.613. The van der Waals surface area contributed by atoms with E-state index in [9.17, 15) is 0 Å². The monoisotopic (exact) mass is 88.0 g/mol. The quantitative estimate of drug-likeness (QED) is 0.376. The number of hydrogen-bond acceptors (Lipinski definition) is 1. The first-order valence-electron chi connectivity index (χ1n) is 1.33. The molecule has 0 aromatic carbocycles. The molecule has 1 radical (unpaired) electrons. The Bertz CT molecular complexity index is 28.1. The highest BCUT2D eigenvalue weighted by molar-refractivity contribution is 7.78. The summed E-state index contributed by atoms with van der Waals surface area (Å²) in [4.78, 5) is 0. The predicted molar refractivity (Wildman–Crippen MR) is 26.2 cm³/mol. The Balaban J connectivity index is 2.40. The van der Waals surface area contributed by atoms with Crippen LogP contribution in [0.15, 0.2) is 12.7 Å². The van der Waals surface area contributed by atoms with Crippen molar-refractivity contribution >= 4 is 12.8 Å². The normalized spacial score (nSPS) is 7.40. The zero-order valence-corrected chi connectivity index (χ0v) is 3.78. The minimum Gasteiger partial charge on any atom is -0.174 e. The topological polar surface area (TPSA) is 14.1 Å². The van der Waals surface area contributed by atoms with Gasteiger partial charge in [-0.3, -0.25) is 0 Å². The summed E-state index contributed by atoms with van der Waals surface area (Å²) in [5.41, 5.74) is 0. The van der Waals surface area contributed by atoms with Gasteiger partial charge in [0.15, 0.2) is 0 Å². The lowest BCUT2D eigenvalue weighted by atomic mass is 10.7. The molecule has 0 saturated heterocycles. The van der Waals surface area contributed by atoms with Crippen molar-refractivity contribution in [3.05, 3.63) is 12.7 Å². The molecular weight excluding hydrogens is 82.1 g/mol. The summed E-state index contributed by atoms with van der Waals surface area (Å²) < 4.78 is 3.43. The molecule has 0 aliphatic heterocycles. The Hall–Kier alpha value is 0.0500. The number of thiol groups is 1. The van der Waals surface area contributed by atoms with Crippen molar-refractivity contribution in [2.45, 2.75) is 0 Å². The summed E-state index contributed by atoms with van der Waals surface area (Å²) in [6.45, 7) is 4.05. The molecule has 0 aromatic rings. The molecule has 0 amide bonds. The highest BCUT2D eigenvalue weighted by Gasteiger charge is 1.61. The van der Waals surface area contributed by atoms with Gasteiger partial charge in [0.2, 0.25) is 0 Å². The maximum absolute atomic E-state index is 3.55. The van der Waals surface area contributed by atoms with Gasteiger partial charge in [0.05, 0.1) is 0 Å². The van der Waals surface area contributed by atoms with Crippen molar-refractivity contribution in [2.24, 2.45) is 0 Å². The van der Waals surface area contributed by atoms with E-state index in [1.54, 1.807) is 6.08 Å². The molecule has 0 fully saturated rings. The van der Waals surface area contributed by atoms with Crippen LogP contribution in [0.2, 0.25) is 0 Å². The van der Waals surface area contributed by atoms with Crippen molar-refractivity contribution in [3.63, 3.8) is 0 Å². The Labute approximate surface area is 37.6 Å². The summed E-state index contributed by atoms with van der Waals surface area (Å²) in [7, 11) is 0. The molecule has 0 saturated carbocycles. The van der Waals surface area contributed by atoms with Crippen molar-refractivity contribution in [1.82, 2.24) is 4.72 Å². The van der Waals surface area contributed by atoms with Gasteiger partial charge >= 0.3 is 0 Å². The molecule has 0 rings (SSSR count). The molecular formula is C3H6NS. The molecule has 0 N–H and O–H groups in total. The molecule has 0 aliphatic rings. The fourth-order valence-corrected chi connectivity index (χ4v) is 0.173. The van der Waals surface area contributed by atoms with E-state index < -0.39 is 0 Å². The summed E-state index contributed by atoms with van der Waals surface area (Å²) in [6, 6.07) is 0. The van der Waals surface area contributed by atoms with Crippen LogP contribution in [0.4, 0.5) is 0 Å². The predicted octanol–water partition coefficient (Wildman–Crippen LogP) is 0.622. The highest BCUT2D eigenvalue weighted by atomic mass is 32.1. The van der Waals surface area contributed by atoms with E-state index in [4.69, 9.17) is 0 Å². The van der Waals surface area contributed by atoms with Crippen LogP contribution in [-0.2, 0) is 0 Å². The second kappa shape index (κ2) is 4.05. The van der Waals surface area contributed by atoms with Crippen LogP contribution < -0.4 is 4.72 Å².